The van der Waals surface area contributed by atoms with Gasteiger partial charge in [0.2, 0.25) is 5.91 Å². The average Bonchev–Trinajstić information content (AvgIpc) is 3.24. The Morgan fingerprint density at radius 1 is 1.21 bits per heavy atom. The summed E-state index contributed by atoms with van der Waals surface area (Å²) in [6, 6.07) is 22.9. The Balaban J connectivity index is 1.75. The lowest BCUT2D eigenvalue weighted by Gasteiger charge is -2.29. The lowest BCUT2D eigenvalue weighted by Crippen LogP contribution is -2.40. The summed E-state index contributed by atoms with van der Waals surface area (Å²) >= 11 is 1.69. The molecule has 3 nitrogen and oxygen atoms in total. The van der Waals surface area contributed by atoms with E-state index < -0.39 is 5.92 Å². The van der Waals surface area contributed by atoms with Gasteiger partial charge < -0.3 is 4.90 Å². The van der Waals surface area contributed by atoms with Crippen molar-refractivity contribution in [2.24, 2.45) is 5.92 Å². The molecule has 1 aliphatic rings. The molecular weight excluding hydrogens is 383 g/mol. The molecule has 0 bridgehead atoms. The van der Waals surface area contributed by atoms with Gasteiger partial charge in [-0.3, -0.25) is 4.79 Å². The number of carbonyl (C=O) groups is 1. The number of likely N-dealkylation sites (tertiary alicyclic amines) is 1. The number of hydrogen-bond acceptors (Lipinski definition) is 3. The number of rotatable bonds is 7. The summed E-state index contributed by atoms with van der Waals surface area (Å²) in [6.07, 6.45) is 0.962. The highest BCUT2D eigenvalue weighted by Crippen LogP contribution is 2.37. The van der Waals surface area contributed by atoms with Gasteiger partial charge in [0.1, 0.15) is 5.92 Å². The summed E-state index contributed by atoms with van der Waals surface area (Å²) in [6.45, 7) is 3.56. The fourth-order valence-corrected chi connectivity index (χ4v) is 5.71. The monoisotopic (exact) mass is 410 g/mol. The van der Waals surface area contributed by atoms with Crippen LogP contribution in [0.1, 0.15) is 36.3 Å². The molecule has 1 amide bonds. The molecule has 5 unspecified atom stereocenters. The Morgan fingerprint density at radius 2 is 1.86 bits per heavy atom. The standard InChI is InChI=1S/C23H27N2OPS/c1-17(18-8-4-2-5-9-18)22(28-16-27)21(14-24)23(26)25-13-12-20(15-25)19-10-6-3-7-11-19/h2-11,17,20-22H,12-13,15-16,27H2,1H3. The predicted molar refractivity (Wildman–Crippen MR) is 120 cm³/mol. The summed E-state index contributed by atoms with van der Waals surface area (Å²) in [5.74, 6) is -0.147. The maximum atomic E-state index is 13.3. The summed E-state index contributed by atoms with van der Waals surface area (Å²) in [5, 5.41) is 9.85. The first-order valence-corrected chi connectivity index (χ1v) is 11.6. The molecule has 5 heteroatoms. The highest BCUT2D eigenvalue weighted by Gasteiger charge is 2.38. The first-order valence-electron chi connectivity index (χ1n) is 9.75. The van der Waals surface area contributed by atoms with Gasteiger partial charge >= 0.3 is 0 Å². The lowest BCUT2D eigenvalue weighted by molar-refractivity contribution is -0.132. The molecule has 3 rings (SSSR count). The predicted octanol–water partition coefficient (Wildman–Crippen LogP) is 4.88. The molecule has 0 saturated carbocycles. The number of hydrogen-bond donors (Lipinski definition) is 0. The fraction of sp³-hybridized carbons (Fsp3) is 0.391. The van der Waals surface area contributed by atoms with E-state index in [0.717, 1.165) is 18.5 Å². The Kier molecular flexibility index (Phi) is 7.54. The van der Waals surface area contributed by atoms with Crippen molar-refractivity contribution in [1.29, 1.82) is 5.26 Å². The van der Waals surface area contributed by atoms with E-state index in [4.69, 9.17) is 0 Å². The maximum Gasteiger partial charge on any atom is 0.241 e. The van der Waals surface area contributed by atoms with E-state index in [2.05, 4.69) is 46.5 Å². The molecule has 1 saturated heterocycles. The van der Waals surface area contributed by atoms with Crippen LogP contribution in [0.5, 0.6) is 0 Å². The van der Waals surface area contributed by atoms with Crippen molar-refractivity contribution in [3.05, 3.63) is 71.8 Å². The van der Waals surface area contributed by atoms with Gasteiger partial charge in [-0.25, -0.2) is 0 Å². The third kappa shape index (κ3) is 4.77. The van der Waals surface area contributed by atoms with Gasteiger partial charge in [0.05, 0.1) is 6.07 Å². The highest BCUT2D eigenvalue weighted by atomic mass is 32.2. The second-order valence-electron chi connectivity index (χ2n) is 7.28. The van der Waals surface area contributed by atoms with Crippen LogP contribution >= 0.6 is 21.0 Å². The molecule has 28 heavy (non-hydrogen) atoms. The third-order valence-electron chi connectivity index (χ3n) is 5.61. The number of nitriles is 1. The Hall–Kier alpha value is -1.82. The zero-order valence-electron chi connectivity index (χ0n) is 16.2. The Morgan fingerprint density at radius 3 is 2.46 bits per heavy atom. The molecule has 0 spiro atoms. The van der Waals surface area contributed by atoms with Crippen LogP contribution in [-0.4, -0.2) is 34.6 Å². The molecule has 1 fully saturated rings. The van der Waals surface area contributed by atoms with Gasteiger partial charge in [-0.15, -0.1) is 9.24 Å². The molecule has 0 aromatic heterocycles. The number of benzene rings is 2. The van der Waals surface area contributed by atoms with Crippen molar-refractivity contribution in [3.8, 4) is 6.07 Å². The smallest absolute Gasteiger partial charge is 0.241 e. The molecule has 2 aromatic rings. The van der Waals surface area contributed by atoms with E-state index in [9.17, 15) is 10.1 Å². The molecule has 1 aliphatic heterocycles. The second-order valence-corrected chi connectivity index (χ2v) is 9.50. The van der Waals surface area contributed by atoms with Crippen LogP contribution in [0.4, 0.5) is 0 Å². The molecule has 0 aliphatic carbocycles. The quantitative estimate of drug-likeness (QED) is 0.611. The van der Waals surface area contributed by atoms with E-state index in [0.29, 0.717) is 12.5 Å². The molecule has 1 heterocycles. The second kappa shape index (κ2) is 10.1. The van der Waals surface area contributed by atoms with E-state index in [1.165, 1.54) is 11.1 Å². The van der Waals surface area contributed by atoms with E-state index in [1.807, 2.05) is 41.3 Å². The Bertz CT molecular complexity index is 808. The van der Waals surface area contributed by atoms with Gasteiger partial charge in [-0.1, -0.05) is 67.6 Å². The van der Waals surface area contributed by atoms with Crippen LogP contribution in [0.15, 0.2) is 60.7 Å². The van der Waals surface area contributed by atoms with Gasteiger partial charge in [0.15, 0.2) is 0 Å². The van der Waals surface area contributed by atoms with Crippen LogP contribution in [0.2, 0.25) is 0 Å². The summed E-state index contributed by atoms with van der Waals surface area (Å²) in [5.41, 5.74) is 3.26. The van der Waals surface area contributed by atoms with Crippen molar-refractivity contribution in [3.63, 3.8) is 0 Å². The van der Waals surface area contributed by atoms with Crippen LogP contribution in [0.25, 0.3) is 0 Å². The molecule has 0 N–H and O–H groups in total. The van der Waals surface area contributed by atoms with E-state index in [1.54, 1.807) is 11.8 Å². The molecule has 5 atom stereocenters. The fourth-order valence-electron chi connectivity index (χ4n) is 4.01. The van der Waals surface area contributed by atoms with Crippen molar-refractivity contribution in [1.82, 2.24) is 4.90 Å². The molecule has 0 radical (unpaired) electrons. The minimum atomic E-state index is -0.629. The molecule has 146 valence electrons. The molecular formula is C23H27N2OPS. The first-order chi connectivity index (χ1) is 13.7. The van der Waals surface area contributed by atoms with E-state index in [-0.39, 0.29) is 17.1 Å². The summed E-state index contributed by atoms with van der Waals surface area (Å²) in [4.78, 5) is 15.2. The lowest BCUT2D eigenvalue weighted by atomic mass is 9.89. The van der Waals surface area contributed by atoms with Gasteiger partial charge in [-0.2, -0.15) is 17.0 Å². The number of nitrogens with zero attached hydrogens (tertiary/aromatic N) is 2. The van der Waals surface area contributed by atoms with Crippen LogP contribution < -0.4 is 0 Å². The maximum absolute atomic E-state index is 13.3. The highest BCUT2D eigenvalue weighted by molar-refractivity contribution is 8.03. The first kappa shape index (κ1) is 20.9. The van der Waals surface area contributed by atoms with E-state index >= 15 is 0 Å². The average molecular weight is 411 g/mol. The van der Waals surface area contributed by atoms with Gasteiger partial charge in [-0.05, 0) is 23.5 Å². The zero-order valence-corrected chi connectivity index (χ0v) is 18.2. The SMILES string of the molecule is CC(c1ccccc1)C(SCP)C(C#N)C(=O)N1CCC(c2ccccc2)C1. The van der Waals surface area contributed by atoms with Crippen LogP contribution in [0.3, 0.4) is 0 Å². The number of thioether (sulfide) groups is 1. The topological polar surface area (TPSA) is 44.1 Å². The largest absolute Gasteiger partial charge is 0.341 e. The number of carbonyl (C=O) groups excluding carboxylic acids is 1. The normalized spacial score (nSPS) is 19.6. The van der Waals surface area contributed by atoms with Gasteiger partial charge in [0.25, 0.3) is 0 Å². The Labute approximate surface area is 174 Å². The third-order valence-corrected chi connectivity index (χ3v) is 7.45. The summed E-state index contributed by atoms with van der Waals surface area (Å²) < 4.78 is 0. The summed E-state index contributed by atoms with van der Waals surface area (Å²) in [7, 11) is 2.71. The van der Waals surface area contributed by atoms with Crippen molar-refractivity contribution >= 4 is 26.9 Å². The number of amides is 1. The minimum Gasteiger partial charge on any atom is -0.341 e. The molecule has 2 aromatic carbocycles. The van der Waals surface area contributed by atoms with Crippen molar-refractivity contribution in [2.75, 3.05) is 18.6 Å². The van der Waals surface area contributed by atoms with Gasteiger partial charge in [0, 0.05) is 29.8 Å². The van der Waals surface area contributed by atoms with Crippen molar-refractivity contribution in [2.45, 2.75) is 30.4 Å². The zero-order chi connectivity index (χ0) is 19.9. The van der Waals surface area contributed by atoms with Crippen LogP contribution in [0, 0.1) is 17.2 Å². The van der Waals surface area contributed by atoms with Crippen LogP contribution in [-0.2, 0) is 4.79 Å². The van der Waals surface area contributed by atoms with Crippen molar-refractivity contribution < 1.29 is 4.79 Å². The minimum absolute atomic E-state index is 0.0142.